The Morgan fingerprint density at radius 2 is 2.14 bits per heavy atom. The molecule has 8 nitrogen and oxygen atoms in total. The number of hydrogen-bond acceptors (Lipinski definition) is 6. The average Bonchev–Trinajstić information content (AvgIpc) is 3.15. The Balaban J connectivity index is 1.46. The zero-order valence-corrected chi connectivity index (χ0v) is 16.9. The fourth-order valence-corrected chi connectivity index (χ4v) is 4.15. The van der Waals surface area contributed by atoms with Crippen molar-refractivity contribution >= 4 is 11.6 Å². The molecule has 0 aromatic carbocycles. The van der Waals surface area contributed by atoms with Crippen LogP contribution < -0.4 is 5.32 Å². The maximum absolute atomic E-state index is 12.9. The fourth-order valence-electron chi connectivity index (χ4n) is 4.15. The van der Waals surface area contributed by atoms with Gasteiger partial charge in [-0.3, -0.25) is 14.5 Å². The number of nitrogens with zero attached hydrogens (tertiary/aromatic N) is 5. The topological polar surface area (TPSA) is 96.1 Å². The molecule has 0 aliphatic carbocycles. The highest BCUT2D eigenvalue weighted by Gasteiger charge is 2.28. The Kier molecular flexibility index (Phi) is 5.49. The van der Waals surface area contributed by atoms with E-state index in [4.69, 9.17) is 4.74 Å². The zero-order chi connectivity index (χ0) is 20.4. The maximum atomic E-state index is 12.9. The molecule has 0 bridgehead atoms. The second-order valence-corrected chi connectivity index (χ2v) is 7.76. The first-order chi connectivity index (χ1) is 14.1. The quantitative estimate of drug-likeness (QED) is 0.851. The number of fused-ring (bicyclic) bond motifs is 1. The third-order valence-corrected chi connectivity index (χ3v) is 5.73. The van der Waals surface area contributed by atoms with Crippen LogP contribution in [0.1, 0.15) is 39.4 Å². The summed E-state index contributed by atoms with van der Waals surface area (Å²) in [6.07, 6.45) is 3.49. The lowest BCUT2D eigenvalue weighted by molar-refractivity contribution is 0.0301. The Morgan fingerprint density at radius 1 is 1.34 bits per heavy atom. The molecule has 0 radical (unpaired) electrons. The number of carbonyl (C=O) groups excluding carboxylic acids is 1. The van der Waals surface area contributed by atoms with Crippen LogP contribution in [0.4, 0.5) is 5.69 Å². The number of rotatable bonds is 4. The summed E-state index contributed by atoms with van der Waals surface area (Å²) < 4.78 is 7.32. The molecule has 1 fully saturated rings. The van der Waals surface area contributed by atoms with E-state index in [0.717, 1.165) is 48.7 Å². The van der Waals surface area contributed by atoms with E-state index in [2.05, 4.69) is 21.5 Å². The van der Waals surface area contributed by atoms with Crippen molar-refractivity contribution in [1.82, 2.24) is 19.7 Å². The number of aryl methyl sites for hydroxylation is 3. The summed E-state index contributed by atoms with van der Waals surface area (Å²) in [7, 11) is 0. The Morgan fingerprint density at radius 3 is 2.90 bits per heavy atom. The first kappa shape index (κ1) is 19.4. The van der Waals surface area contributed by atoms with Crippen LogP contribution in [-0.2, 0) is 17.7 Å². The molecule has 0 unspecified atom stereocenters. The van der Waals surface area contributed by atoms with Crippen LogP contribution in [0.3, 0.4) is 0 Å². The summed E-state index contributed by atoms with van der Waals surface area (Å²) in [5.74, 6) is 0.422. The molecule has 2 aliphatic heterocycles. The predicted octanol–water partition coefficient (Wildman–Crippen LogP) is 1.91. The van der Waals surface area contributed by atoms with Crippen LogP contribution in [0.15, 0.2) is 12.3 Å². The van der Waals surface area contributed by atoms with E-state index >= 15 is 0 Å². The Labute approximate surface area is 170 Å². The van der Waals surface area contributed by atoms with Crippen LogP contribution in [0.5, 0.6) is 0 Å². The average molecular weight is 394 g/mol. The molecular weight excluding hydrogens is 368 g/mol. The molecule has 29 heavy (non-hydrogen) atoms. The number of anilines is 1. The number of hydrogen-bond donors (Lipinski definition) is 1. The zero-order valence-electron chi connectivity index (χ0n) is 16.9. The summed E-state index contributed by atoms with van der Waals surface area (Å²) in [6, 6.07) is 4.17. The van der Waals surface area contributed by atoms with Gasteiger partial charge >= 0.3 is 0 Å². The van der Waals surface area contributed by atoms with Gasteiger partial charge in [-0.1, -0.05) is 0 Å². The molecule has 2 aromatic heterocycles. The third-order valence-electron chi connectivity index (χ3n) is 5.73. The van der Waals surface area contributed by atoms with Crippen molar-refractivity contribution in [2.75, 3.05) is 38.2 Å². The van der Waals surface area contributed by atoms with Gasteiger partial charge in [0.1, 0.15) is 6.07 Å². The molecule has 4 heterocycles. The predicted molar refractivity (Wildman–Crippen MR) is 108 cm³/mol. The molecule has 1 amide bonds. The monoisotopic (exact) mass is 394 g/mol. The molecule has 4 rings (SSSR count). The number of pyridine rings is 1. The summed E-state index contributed by atoms with van der Waals surface area (Å²) in [4.78, 5) is 19.2. The third kappa shape index (κ3) is 3.96. The maximum Gasteiger partial charge on any atom is 0.257 e. The Hall–Kier alpha value is -2.92. The lowest BCUT2D eigenvalue weighted by atomic mass is 9.93. The molecule has 2 aromatic rings. The first-order valence-electron chi connectivity index (χ1n) is 10.1. The van der Waals surface area contributed by atoms with Crippen molar-refractivity contribution in [3.63, 3.8) is 0 Å². The van der Waals surface area contributed by atoms with Crippen molar-refractivity contribution < 1.29 is 9.53 Å². The lowest BCUT2D eigenvalue weighted by Gasteiger charge is -2.28. The summed E-state index contributed by atoms with van der Waals surface area (Å²) in [5.41, 5.74) is 4.80. The van der Waals surface area contributed by atoms with E-state index in [1.165, 1.54) is 0 Å². The highest BCUT2D eigenvalue weighted by Crippen LogP contribution is 2.26. The fraction of sp³-hybridized carbons (Fsp3) is 0.524. The lowest BCUT2D eigenvalue weighted by Crippen LogP contribution is -2.41. The van der Waals surface area contributed by atoms with Gasteiger partial charge in [-0.15, -0.1) is 0 Å². The van der Waals surface area contributed by atoms with Gasteiger partial charge in [-0.25, -0.2) is 0 Å². The van der Waals surface area contributed by atoms with E-state index in [-0.39, 0.29) is 5.91 Å². The summed E-state index contributed by atoms with van der Waals surface area (Å²) >= 11 is 0. The SMILES string of the molecule is Cc1cc(NC[C@@H]2CCn3ncc(C(=O)N4CCOCC4)c3C2)c(C#N)c(C)n1. The van der Waals surface area contributed by atoms with E-state index in [0.29, 0.717) is 43.3 Å². The second kappa shape index (κ2) is 8.21. The van der Waals surface area contributed by atoms with E-state index < -0.39 is 0 Å². The smallest absolute Gasteiger partial charge is 0.257 e. The number of nitrogens with one attached hydrogen (secondary N) is 1. The van der Waals surface area contributed by atoms with E-state index in [9.17, 15) is 10.1 Å². The molecule has 0 saturated carbocycles. The highest BCUT2D eigenvalue weighted by molar-refractivity contribution is 5.95. The second-order valence-electron chi connectivity index (χ2n) is 7.76. The van der Waals surface area contributed by atoms with E-state index in [1.807, 2.05) is 29.5 Å². The standard InChI is InChI=1S/C21H26N6O2/c1-14-9-19(17(11-22)15(2)25-14)23-12-16-3-4-27-20(10-16)18(13-24-27)21(28)26-5-7-29-8-6-26/h9,13,16H,3-8,10,12H2,1-2H3,(H,23,25)/t16-/m1/s1. The van der Waals surface area contributed by atoms with E-state index in [1.54, 1.807) is 6.20 Å². The normalized spacial score (nSPS) is 18.8. The number of aromatic nitrogens is 3. The van der Waals surface area contributed by atoms with Crippen LogP contribution in [0.2, 0.25) is 0 Å². The van der Waals surface area contributed by atoms with Gasteiger partial charge in [0, 0.05) is 31.9 Å². The van der Waals surface area contributed by atoms with Gasteiger partial charge in [0.25, 0.3) is 5.91 Å². The minimum absolute atomic E-state index is 0.0512. The number of ether oxygens (including phenoxy) is 1. The first-order valence-corrected chi connectivity index (χ1v) is 10.1. The largest absolute Gasteiger partial charge is 0.384 e. The summed E-state index contributed by atoms with van der Waals surface area (Å²) in [5, 5.41) is 17.3. The number of nitriles is 1. The van der Waals surface area contributed by atoms with Crippen LogP contribution in [0.25, 0.3) is 0 Å². The van der Waals surface area contributed by atoms with Crippen molar-refractivity contribution in [3.05, 3.63) is 40.5 Å². The molecule has 0 spiro atoms. The van der Waals surface area contributed by atoms with Crippen LogP contribution in [-0.4, -0.2) is 58.4 Å². The van der Waals surface area contributed by atoms with Crippen molar-refractivity contribution in [3.8, 4) is 6.07 Å². The molecule has 1 saturated heterocycles. The molecule has 1 atom stereocenters. The van der Waals surface area contributed by atoms with Crippen molar-refractivity contribution in [2.24, 2.45) is 5.92 Å². The number of amides is 1. The Bertz CT molecular complexity index is 955. The van der Waals surface area contributed by atoms with Crippen LogP contribution in [0, 0.1) is 31.1 Å². The minimum Gasteiger partial charge on any atom is -0.384 e. The molecule has 1 N–H and O–H groups in total. The van der Waals surface area contributed by atoms with Gasteiger partial charge in [-0.2, -0.15) is 10.4 Å². The van der Waals surface area contributed by atoms with Gasteiger partial charge in [0.2, 0.25) is 0 Å². The van der Waals surface area contributed by atoms with Crippen molar-refractivity contribution in [2.45, 2.75) is 33.2 Å². The van der Waals surface area contributed by atoms with Crippen molar-refractivity contribution in [1.29, 1.82) is 5.26 Å². The van der Waals surface area contributed by atoms with Gasteiger partial charge in [0.15, 0.2) is 0 Å². The molecule has 8 heteroatoms. The summed E-state index contributed by atoms with van der Waals surface area (Å²) in [6.45, 7) is 7.78. The molecule has 2 aliphatic rings. The van der Waals surface area contributed by atoms with Crippen LogP contribution >= 0.6 is 0 Å². The number of morpholine rings is 1. The molecule has 152 valence electrons. The molecular formula is C21H26N6O2. The van der Waals surface area contributed by atoms with Gasteiger partial charge < -0.3 is 15.0 Å². The van der Waals surface area contributed by atoms with Gasteiger partial charge in [0.05, 0.1) is 47.6 Å². The van der Waals surface area contributed by atoms with Gasteiger partial charge in [-0.05, 0) is 38.7 Å². The minimum atomic E-state index is 0.0512. The highest BCUT2D eigenvalue weighted by atomic mass is 16.5. The number of carbonyl (C=O) groups is 1.